The third kappa shape index (κ3) is 3.68. The van der Waals surface area contributed by atoms with Crippen molar-refractivity contribution in [2.45, 2.75) is 31.7 Å². The largest absolute Gasteiger partial charge is 0.464 e. The Morgan fingerprint density at radius 3 is 2.75 bits per heavy atom. The maximum atomic E-state index is 14.7. The van der Waals surface area contributed by atoms with E-state index in [1.54, 1.807) is 6.20 Å². The fourth-order valence-electron chi connectivity index (χ4n) is 5.17. The van der Waals surface area contributed by atoms with Gasteiger partial charge < -0.3 is 20.8 Å². The third-order valence-corrected chi connectivity index (χ3v) is 6.64. The molecule has 8 nitrogen and oxygen atoms in total. The summed E-state index contributed by atoms with van der Waals surface area (Å²) in [6.45, 7) is 0.422. The molecular weight excluding hydrogens is 418 g/mol. The smallest absolute Gasteiger partial charge is 0.311 e. The minimum Gasteiger partial charge on any atom is -0.464 e. The van der Waals surface area contributed by atoms with Gasteiger partial charge in [0, 0.05) is 29.7 Å². The number of aromatic nitrogens is 4. The number of esters is 1. The zero-order chi connectivity index (χ0) is 22.2. The van der Waals surface area contributed by atoms with E-state index in [9.17, 15) is 13.6 Å². The molecule has 3 saturated carbocycles. The summed E-state index contributed by atoms with van der Waals surface area (Å²) in [6.07, 6.45) is 7.66. The van der Waals surface area contributed by atoms with E-state index in [1.165, 1.54) is 6.07 Å². The van der Waals surface area contributed by atoms with Gasteiger partial charge in [-0.15, -0.1) is 0 Å². The number of ether oxygens (including phenoxy) is 1. The van der Waals surface area contributed by atoms with Gasteiger partial charge in [-0.1, -0.05) is 0 Å². The molecule has 10 heteroatoms. The van der Waals surface area contributed by atoms with Gasteiger partial charge in [-0.3, -0.25) is 4.79 Å². The Morgan fingerprint density at radius 1 is 1.19 bits per heavy atom. The van der Waals surface area contributed by atoms with E-state index < -0.39 is 11.6 Å². The van der Waals surface area contributed by atoms with Crippen molar-refractivity contribution < 1.29 is 18.3 Å². The first-order valence-electron chi connectivity index (χ1n) is 10.8. The highest BCUT2D eigenvalue weighted by molar-refractivity contribution is 5.91. The molecule has 3 fully saturated rings. The van der Waals surface area contributed by atoms with Crippen LogP contribution in [0.4, 0.5) is 14.6 Å². The number of carbonyl (C=O) groups excluding carboxylic acids is 1. The molecule has 6 rings (SSSR count). The normalized spacial score (nSPS) is 24.6. The van der Waals surface area contributed by atoms with Crippen LogP contribution in [0, 0.1) is 29.4 Å². The van der Waals surface area contributed by atoms with Crippen molar-refractivity contribution in [2.24, 2.45) is 23.5 Å². The summed E-state index contributed by atoms with van der Waals surface area (Å²) < 4.78 is 33.8. The summed E-state index contributed by atoms with van der Waals surface area (Å²) in [5.74, 6) is -1.12. The molecule has 2 atom stereocenters. The van der Waals surface area contributed by atoms with Crippen molar-refractivity contribution in [1.29, 1.82) is 0 Å². The van der Waals surface area contributed by atoms with Crippen LogP contribution in [-0.2, 0) is 9.53 Å². The second-order valence-electron chi connectivity index (χ2n) is 8.47. The molecule has 0 aromatic carbocycles. The lowest BCUT2D eigenvalue weighted by molar-refractivity contribution is -0.154. The first kappa shape index (κ1) is 20.7. The average Bonchev–Trinajstić information content (AvgIpc) is 3.22. The maximum Gasteiger partial charge on any atom is 0.311 e. The van der Waals surface area contributed by atoms with E-state index in [-0.39, 0.29) is 54.6 Å². The summed E-state index contributed by atoms with van der Waals surface area (Å²) in [7, 11) is 0. The minimum absolute atomic E-state index is 0.0166. The molecule has 0 spiro atoms. The van der Waals surface area contributed by atoms with Gasteiger partial charge in [0.25, 0.3) is 0 Å². The quantitative estimate of drug-likeness (QED) is 0.502. The first-order chi connectivity index (χ1) is 15.5. The van der Waals surface area contributed by atoms with E-state index in [0.29, 0.717) is 16.6 Å². The molecule has 32 heavy (non-hydrogen) atoms. The molecule has 0 saturated heterocycles. The Hall–Kier alpha value is -3.14. The zero-order valence-electron chi connectivity index (χ0n) is 17.4. The van der Waals surface area contributed by atoms with Crippen LogP contribution in [0.2, 0.25) is 0 Å². The molecule has 0 aliphatic heterocycles. The van der Waals surface area contributed by atoms with Gasteiger partial charge in [0.05, 0.1) is 18.3 Å². The van der Waals surface area contributed by atoms with Crippen LogP contribution in [0.3, 0.4) is 0 Å². The fraction of sp³-hybridized carbons (Fsp3) is 0.455. The van der Waals surface area contributed by atoms with Gasteiger partial charge in [0.15, 0.2) is 17.5 Å². The second-order valence-corrected chi connectivity index (χ2v) is 8.47. The number of nitrogens with zero attached hydrogens (tertiary/aromatic N) is 3. The van der Waals surface area contributed by atoms with Crippen molar-refractivity contribution in [1.82, 2.24) is 19.9 Å². The molecule has 1 unspecified atom stereocenters. The van der Waals surface area contributed by atoms with Crippen LogP contribution >= 0.6 is 0 Å². The summed E-state index contributed by atoms with van der Waals surface area (Å²) in [5, 5.41) is 3.69. The van der Waals surface area contributed by atoms with Gasteiger partial charge in [-0.2, -0.15) is 0 Å². The molecule has 3 aliphatic carbocycles. The molecule has 2 bridgehead atoms. The van der Waals surface area contributed by atoms with Crippen LogP contribution in [0.5, 0.6) is 0 Å². The van der Waals surface area contributed by atoms with Gasteiger partial charge in [0.2, 0.25) is 0 Å². The topological polar surface area (TPSA) is 119 Å². The number of rotatable bonds is 6. The average molecular weight is 442 g/mol. The number of hydrogen-bond donors (Lipinski definition) is 3. The number of aromatic amines is 1. The van der Waals surface area contributed by atoms with Gasteiger partial charge in [0.1, 0.15) is 18.1 Å². The molecule has 168 valence electrons. The van der Waals surface area contributed by atoms with Crippen LogP contribution in [0.25, 0.3) is 22.4 Å². The summed E-state index contributed by atoms with van der Waals surface area (Å²) in [4.78, 5) is 28.2. The van der Waals surface area contributed by atoms with E-state index in [0.717, 1.165) is 38.1 Å². The van der Waals surface area contributed by atoms with E-state index >= 15 is 0 Å². The Morgan fingerprint density at radius 2 is 1.97 bits per heavy atom. The Kier molecular flexibility index (Phi) is 5.46. The number of fused-ring (bicyclic) bond motifs is 4. The SMILES string of the molecule is NCCOC(=O)[C@H]1C2CCC(CC2)C1Nc1nc(-c2c[nH]c3ncc(F)cc23)ncc1F. The monoisotopic (exact) mass is 442 g/mol. The van der Waals surface area contributed by atoms with Gasteiger partial charge in [-0.05, 0) is 43.6 Å². The number of anilines is 1. The van der Waals surface area contributed by atoms with Crippen LogP contribution in [-0.4, -0.2) is 45.1 Å². The van der Waals surface area contributed by atoms with Crippen molar-refractivity contribution >= 4 is 22.8 Å². The molecule has 0 amide bonds. The maximum absolute atomic E-state index is 14.7. The van der Waals surface area contributed by atoms with Gasteiger partial charge in [-0.25, -0.2) is 23.7 Å². The van der Waals surface area contributed by atoms with Crippen molar-refractivity contribution in [3.63, 3.8) is 0 Å². The molecule has 4 N–H and O–H groups in total. The predicted molar refractivity (Wildman–Crippen MR) is 113 cm³/mol. The van der Waals surface area contributed by atoms with Crippen LogP contribution < -0.4 is 11.1 Å². The third-order valence-electron chi connectivity index (χ3n) is 6.64. The molecular formula is C22H24F2N6O2. The second kappa shape index (κ2) is 8.42. The highest BCUT2D eigenvalue weighted by Gasteiger charge is 2.48. The highest BCUT2D eigenvalue weighted by atomic mass is 19.1. The minimum atomic E-state index is -0.617. The van der Waals surface area contributed by atoms with E-state index in [1.807, 2.05) is 0 Å². The summed E-state index contributed by atoms with van der Waals surface area (Å²) in [6, 6.07) is 1.05. The van der Waals surface area contributed by atoms with E-state index in [2.05, 4.69) is 25.3 Å². The molecule has 3 heterocycles. The van der Waals surface area contributed by atoms with E-state index in [4.69, 9.17) is 10.5 Å². The van der Waals surface area contributed by atoms with Gasteiger partial charge >= 0.3 is 5.97 Å². The number of pyridine rings is 1. The Balaban J connectivity index is 1.47. The highest BCUT2D eigenvalue weighted by Crippen LogP contribution is 2.46. The first-order valence-corrected chi connectivity index (χ1v) is 10.8. The standard InChI is InChI=1S/C22H24F2N6O2/c23-13-7-14-15(9-27-19(14)26-8-13)20-28-10-16(24)21(30-20)29-18-12-3-1-11(2-4-12)17(18)22(31)32-6-5-25/h7-12,17-18H,1-6,25H2,(H,26,27)(H,28,29,30)/t11?,12?,17-,18?/m0/s1. The zero-order valence-corrected chi connectivity index (χ0v) is 17.4. The fourth-order valence-corrected chi connectivity index (χ4v) is 5.17. The summed E-state index contributed by atoms with van der Waals surface area (Å²) >= 11 is 0. The van der Waals surface area contributed by atoms with Crippen molar-refractivity contribution in [3.05, 3.63) is 36.3 Å². The van der Waals surface area contributed by atoms with Crippen molar-refractivity contribution in [2.75, 3.05) is 18.5 Å². The Bertz CT molecular complexity index is 1140. The number of carbonyl (C=O) groups is 1. The van der Waals surface area contributed by atoms with Crippen LogP contribution in [0.15, 0.2) is 24.7 Å². The van der Waals surface area contributed by atoms with Crippen molar-refractivity contribution in [3.8, 4) is 11.4 Å². The molecule has 3 aliphatic rings. The van der Waals surface area contributed by atoms with Crippen LogP contribution in [0.1, 0.15) is 25.7 Å². The number of halogens is 2. The lowest BCUT2D eigenvalue weighted by Crippen LogP contribution is -2.52. The number of hydrogen-bond acceptors (Lipinski definition) is 7. The number of H-pyrrole nitrogens is 1. The molecule has 3 aromatic heterocycles. The predicted octanol–water partition coefficient (Wildman–Crippen LogP) is 3.02. The molecule has 0 radical (unpaired) electrons. The Labute approximate surface area is 183 Å². The lowest BCUT2D eigenvalue weighted by atomic mass is 9.61. The number of nitrogens with one attached hydrogen (secondary N) is 2. The summed E-state index contributed by atoms with van der Waals surface area (Å²) in [5.41, 5.74) is 6.48. The lowest BCUT2D eigenvalue weighted by Gasteiger charge is -2.47. The number of nitrogens with two attached hydrogens (primary N) is 1. The molecule has 3 aromatic rings.